The van der Waals surface area contributed by atoms with E-state index < -0.39 is 0 Å². The molecule has 0 fully saturated rings. The van der Waals surface area contributed by atoms with E-state index in [4.69, 9.17) is 0 Å². The van der Waals surface area contributed by atoms with Crippen molar-refractivity contribution in [3.63, 3.8) is 0 Å². The minimum Gasteiger partial charge on any atom is -0.346 e. The van der Waals surface area contributed by atoms with Crippen LogP contribution in [-0.4, -0.2) is 16.8 Å². The van der Waals surface area contributed by atoms with Crippen molar-refractivity contribution >= 4 is 55.8 Å². The summed E-state index contributed by atoms with van der Waals surface area (Å²) < 4.78 is 1.13. The maximum Gasteiger partial charge on any atom is 0.252 e. The molecule has 0 saturated carbocycles. The minimum absolute atomic E-state index is 0.0120. The van der Waals surface area contributed by atoms with Crippen LogP contribution in [0.2, 0.25) is 0 Å². The van der Waals surface area contributed by atoms with Gasteiger partial charge in [0.05, 0.1) is 8.45 Å². The highest BCUT2D eigenvalue weighted by Crippen LogP contribution is 2.18. The van der Waals surface area contributed by atoms with Crippen LogP contribution in [0.4, 0.5) is 0 Å². The van der Waals surface area contributed by atoms with E-state index in [1.807, 2.05) is 18.4 Å². The molecule has 2 nitrogen and oxygen atoms in total. The molecule has 1 unspecified atom stereocenters. The van der Waals surface area contributed by atoms with Gasteiger partial charge in [-0.2, -0.15) is 0 Å². The average Bonchev–Trinajstić information content (AvgIpc) is 2.65. The van der Waals surface area contributed by atoms with Crippen LogP contribution in [0.25, 0.3) is 0 Å². The SMILES string of the molecule is CCC(C)(CBr)NC(=O)c1csc(I)c1. The quantitative estimate of drug-likeness (QED) is 0.605. The molecule has 0 radical (unpaired) electrons. The molecular formula is C10H13BrINOS. The molecule has 0 aliphatic carbocycles. The molecule has 1 aromatic heterocycles. The molecule has 0 bridgehead atoms. The van der Waals surface area contributed by atoms with Crippen molar-refractivity contribution in [2.75, 3.05) is 5.33 Å². The van der Waals surface area contributed by atoms with Crippen molar-refractivity contribution in [1.29, 1.82) is 0 Å². The van der Waals surface area contributed by atoms with Gasteiger partial charge in [0.15, 0.2) is 0 Å². The first-order valence-corrected chi connectivity index (χ1v) is 7.71. The molecule has 0 spiro atoms. The summed E-state index contributed by atoms with van der Waals surface area (Å²) in [5.41, 5.74) is 0.592. The zero-order valence-corrected chi connectivity index (χ0v) is 13.2. The summed E-state index contributed by atoms with van der Waals surface area (Å²) >= 11 is 7.23. The van der Waals surface area contributed by atoms with Crippen LogP contribution in [0.3, 0.4) is 0 Å². The summed E-state index contributed by atoms with van der Waals surface area (Å²) in [6.45, 7) is 4.11. The molecule has 15 heavy (non-hydrogen) atoms. The predicted octanol–water partition coefficient (Wildman–Crippen LogP) is 3.65. The van der Waals surface area contributed by atoms with Gasteiger partial charge in [-0.3, -0.25) is 4.79 Å². The van der Waals surface area contributed by atoms with E-state index in [0.29, 0.717) is 0 Å². The molecule has 0 saturated heterocycles. The number of hydrogen-bond donors (Lipinski definition) is 1. The predicted molar refractivity (Wildman–Crippen MR) is 77.0 cm³/mol. The van der Waals surface area contributed by atoms with Crippen LogP contribution >= 0.6 is 49.9 Å². The van der Waals surface area contributed by atoms with Crippen molar-refractivity contribution in [3.8, 4) is 0 Å². The Labute approximate surface area is 116 Å². The number of carbonyl (C=O) groups excluding carboxylic acids is 1. The molecular weight excluding hydrogens is 389 g/mol. The highest BCUT2D eigenvalue weighted by molar-refractivity contribution is 14.1. The Balaban J connectivity index is 2.71. The third-order valence-corrected chi connectivity index (χ3v) is 5.35. The van der Waals surface area contributed by atoms with E-state index in [-0.39, 0.29) is 11.4 Å². The maximum atomic E-state index is 11.9. The van der Waals surface area contributed by atoms with Gasteiger partial charge in [0.1, 0.15) is 0 Å². The number of nitrogens with one attached hydrogen (secondary N) is 1. The lowest BCUT2D eigenvalue weighted by atomic mass is 10.0. The Morgan fingerprint density at radius 2 is 2.40 bits per heavy atom. The fourth-order valence-electron chi connectivity index (χ4n) is 0.992. The number of thiophene rings is 1. The van der Waals surface area contributed by atoms with E-state index in [1.165, 1.54) is 0 Å². The highest BCUT2D eigenvalue weighted by atomic mass is 127. The van der Waals surface area contributed by atoms with Gasteiger partial charge in [-0.25, -0.2) is 0 Å². The van der Waals surface area contributed by atoms with Gasteiger partial charge >= 0.3 is 0 Å². The zero-order valence-electron chi connectivity index (χ0n) is 8.64. The van der Waals surface area contributed by atoms with Crippen LogP contribution in [0.5, 0.6) is 0 Å². The minimum atomic E-state index is -0.162. The monoisotopic (exact) mass is 401 g/mol. The lowest BCUT2D eigenvalue weighted by Crippen LogP contribution is -2.46. The topological polar surface area (TPSA) is 29.1 Å². The first kappa shape index (κ1) is 13.4. The number of hydrogen-bond acceptors (Lipinski definition) is 2. The van der Waals surface area contributed by atoms with Crippen molar-refractivity contribution in [3.05, 3.63) is 19.9 Å². The van der Waals surface area contributed by atoms with Crippen molar-refractivity contribution < 1.29 is 4.79 Å². The lowest BCUT2D eigenvalue weighted by molar-refractivity contribution is 0.0914. The first-order chi connectivity index (χ1) is 7.00. The number of halogens is 2. The second-order valence-electron chi connectivity index (χ2n) is 3.64. The highest BCUT2D eigenvalue weighted by Gasteiger charge is 2.23. The summed E-state index contributed by atoms with van der Waals surface area (Å²) in [6.07, 6.45) is 0.908. The Kier molecular flexibility index (Phi) is 5.05. The molecule has 1 aromatic rings. The standard InChI is InChI=1S/C10H13BrINOS/c1-3-10(2,6-11)13-9(14)7-4-8(12)15-5-7/h4-5H,3,6H2,1-2H3,(H,13,14). The molecule has 5 heteroatoms. The van der Waals surface area contributed by atoms with Crippen molar-refractivity contribution in [2.45, 2.75) is 25.8 Å². The number of alkyl halides is 1. The van der Waals surface area contributed by atoms with E-state index >= 15 is 0 Å². The fraction of sp³-hybridized carbons (Fsp3) is 0.500. The molecule has 1 heterocycles. The van der Waals surface area contributed by atoms with Crippen LogP contribution in [0.15, 0.2) is 11.4 Å². The second-order valence-corrected chi connectivity index (χ2v) is 7.01. The Hall–Kier alpha value is 0.380. The van der Waals surface area contributed by atoms with Gasteiger partial charge in [0, 0.05) is 16.2 Å². The van der Waals surface area contributed by atoms with Gasteiger partial charge in [0.25, 0.3) is 5.91 Å². The first-order valence-electron chi connectivity index (χ1n) is 4.63. The lowest BCUT2D eigenvalue weighted by Gasteiger charge is -2.27. The van der Waals surface area contributed by atoms with Gasteiger partial charge in [-0.05, 0) is 42.0 Å². The number of amides is 1. The molecule has 1 atom stereocenters. The molecule has 0 aromatic carbocycles. The van der Waals surface area contributed by atoms with Crippen LogP contribution in [0, 0.1) is 2.88 Å². The second kappa shape index (κ2) is 5.63. The average molecular weight is 402 g/mol. The van der Waals surface area contributed by atoms with Crippen molar-refractivity contribution in [1.82, 2.24) is 5.32 Å². The molecule has 1 rings (SSSR count). The zero-order chi connectivity index (χ0) is 11.5. The smallest absolute Gasteiger partial charge is 0.252 e. The summed E-state index contributed by atoms with van der Waals surface area (Å²) in [4.78, 5) is 11.9. The third kappa shape index (κ3) is 3.71. The van der Waals surface area contributed by atoms with Gasteiger partial charge in [-0.1, -0.05) is 22.9 Å². The van der Waals surface area contributed by atoms with E-state index in [2.05, 4.69) is 50.8 Å². The normalized spacial score (nSPS) is 14.7. The van der Waals surface area contributed by atoms with Crippen LogP contribution in [-0.2, 0) is 0 Å². The van der Waals surface area contributed by atoms with Crippen LogP contribution in [0.1, 0.15) is 30.6 Å². The molecule has 0 aliphatic heterocycles. The third-order valence-electron chi connectivity index (χ3n) is 2.32. The number of rotatable bonds is 4. The van der Waals surface area contributed by atoms with Gasteiger partial charge in [0.2, 0.25) is 0 Å². The Morgan fingerprint density at radius 3 is 2.80 bits per heavy atom. The van der Waals surface area contributed by atoms with E-state index in [1.54, 1.807) is 11.3 Å². The van der Waals surface area contributed by atoms with Crippen LogP contribution < -0.4 is 5.32 Å². The Bertz CT molecular complexity index is 349. The summed E-state index contributed by atoms with van der Waals surface area (Å²) in [6, 6.07) is 1.91. The maximum absolute atomic E-state index is 11.9. The van der Waals surface area contributed by atoms with Crippen molar-refractivity contribution in [2.24, 2.45) is 0 Å². The summed E-state index contributed by atoms with van der Waals surface area (Å²) in [5.74, 6) is 0.0120. The largest absolute Gasteiger partial charge is 0.346 e. The number of carbonyl (C=O) groups is 1. The van der Waals surface area contributed by atoms with Gasteiger partial charge in [-0.15, -0.1) is 11.3 Å². The van der Waals surface area contributed by atoms with E-state index in [0.717, 1.165) is 20.2 Å². The molecule has 84 valence electrons. The van der Waals surface area contributed by atoms with Gasteiger partial charge < -0.3 is 5.32 Å². The summed E-state index contributed by atoms with van der Waals surface area (Å²) in [5, 5.41) is 5.70. The Morgan fingerprint density at radius 1 is 1.73 bits per heavy atom. The molecule has 0 aliphatic rings. The van der Waals surface area contributed by atoms with E-state index in [9.17, 15) is 4.79 Å². The molecule has 1 amide bonds. The fourth-order valence-corrected chi connectivity index (χ4v) is 2.85. The summed E-state index contributed by atoms with van der Waals surface area (Å²) in [7, 11) is 0. The molecule has 1 N–H and O–H groups in total.